The van der Waals surface area contributed by atoms with Crippen molar-refractivity contribution < 1.29 is 18.3 Å². The molecule has 19 heavy (non-hydrogen) atoms. The van der Waals surface area contributed by atoms with Gasteiger partial charge in [-0.15, -0.1) is 0 Å². The van der Waals surface area contributed by atoms with E-state index in [4.69, 9.17) is 5.11 Å². The van der Waals surface area contributed by atoms with Gasteiger partial charge >= 0.3 is 5.97 Å². The van der Waals surface area contributed by atoms with Crippen molar-refractivity contribution in [2.45, 2.75) is 25.4 Å². The van der Waals surface area contributed by atoms with Crippen molar-refractivity contribution >= 4 is 16.2 Å². The molecule has 1 aliphatic rings. The third-order valence-electron chi connectivity index (χ3n) is 3.50. The number of nitrogens with one attached hydrogen (secondary N) is 1. The predicted octanol–water partition coefficient (Wildman–Crippen LogP) is -0.607. The molecule has 0 spiro atoms. The van der Waals surface area contributed by atoms with Crippen LogP contribution in [0.3, 0.4) is 0 Å². The molecule has 0 unspecified atom stereocenters. The molecule has 2 heterocycles. The smallest absolute Gasteiger partial charge is 0.322 e. The van der Waals surface area contributed by atoms with Crippen molar-refractivity contribution in [1.82, 2.24) is 18.8 Å². The summed E-state index contributed by atoms with van der Waals surface area (Å²) in [4.78, 5) is 11.2. The van der Waals surface area contributed by atoms with Crippen molar-refractivity contribution in [1.29, 1.82) is 0 Å². The molecule has 0 amide bonds. The average molecular weight is 288 g/mol. The number of aryl methyl sites for hydroxylation is 1. The minimum atomic E-state index is -3.80. The maximum absolute atomic E-state index is 11.9. The summed E-state index contributed by atoms with van der Waals surface area (Å²) in [6, 6.07) is -1.65. The third-order valence-corrected chi connectivity index (χ3v) is 5.10. The topological polar surface area (TPSA) is 105 Å². The molecule has 0 bridgehead atoms. The minimum Gasteiger partial charge on any atom is -0.480 e. The lowest BCUT2D eigenvalue weighted by Gasteiger charge is -2.34. The molecule has 0 aliphatic carbocycles. The quantitative estimate of drug-likeness (QED) is 0.755. The van der Waals surface area contributed by atoms with Crippen molar-refractivity contribution in [3.8, 4) is 0 Å². The van der Waals surface area contributed by atoms with Gasteiger partial charge in [0.15, 0.2) is 0 Å². The first-order chi connectivity index (χ1) is 8.74. The molecule has 2 atom stereocenters. The number of hydrogen-bond donors (Lipinski definition) is 2. The first-order valence-corrected chi connectivity index (χ1v) is 7.14. The van der Waals surface area contributed by atoms with Gasteiger partial charge in [0, 0.05) is 25.4 Å². The van der Waals surface area contributed by atoms with E-state index in [-0.39, 0.29) is 6.42 Å². The van der Waals surface area contributed by atoms with Crippen LogP contribution in [0.4, 0.5) is 0 Å². The number of hydrogen-bond acceptors (Lipinski definition) is 4. The number of rotatable bonds is 2. The van der Waals surface area contributed by atoms with Crippen LogP contribution in [0, 0.1) is 6.92 Å². The molecular formula is C10H16N4O4S. The summed E-state index contributed by atoms with van der Waals surface area (Å²) in [6.45, 7) is 1.81. The van der Waals surface area contributed by atoms with Crippen LogP contribution in [0.15, 0.2) is 6.20 Å². The lowest BCUT2D eigenvalue weighted by Crippen LogP contribution is -2.54. The molecule has 8 nitrogen and oxygen atoms in total. The highest BCUT2D eigenvalue weighted by Crippen LogP contribution is 2.29. The normalized spacial score (nSPS) is 27.3. The maximum Gasteiger partial charge on any atom is 0.322 e. The van der Waals surface area contributed by atoms with Gasteiger partial charge in [0.1, 0.15) is 6.04 Å². The predicted molar refractivity (Wildman–Crippen MR) is 66.5 cm³/mol. The fraction of sp³-hybridized carbons (Fsp3) is 0.600. The lowest BCUT2D eigenvalue weighted by molar-refractivity contribution is -0.141. The van der Waals surface area contributed by atoms with Crippen molar-refractivity contribution in [2.75, 3.05) is 7.05 Å². The highest BCUT2D eigenvalue weighted by Gasteiger charge is 2.41. The molecular weight excluding hydrogens is 272 g/mol. The molecule has 0 aromatic carbocycles. The van der Waals surface area contributed by atoms with E-state index in [9.17, 15) is 13.2 Å². The Morgan fingerprint density at radius 1 is 1.53 bits per heavy atom. The zero-order valence-corrected chi connectivity index (χ0v) is 11.7. The molecule has 0 radical (unpaired) electrons. The van der Waals surface area contributed by atoms with Gasteiger partial charge in [-0.05, 0) is 13.3 Å². The van der Waals surface area contributed by atoms with Gasteiger partial charge in [0.2, 0.25) is 0 Å². The highest BCUT2D eigenvalue weighted by atomic mass is 32.2. The largest absolute Gasteiger partial charge is 0.480 e. The van der Waals surface area contributed by atoms with E-state index in [1.807, 2.05) is 6.92 Å². The van der Waals surface area contributed by atoms with E-state index >= 15 is 0 Å². The van der Waals surface area contributed by atoms with Crippen LogP contribution >= 0.6 is 0 Å². The number of carboxylic acid groups (broad SMARTS) is 1. The van der Waals surface area contributed by atoms with Gasteiger partial charge in [-0.3, -0.25) is 9.48 Å². The summed E-state index contributed by atoms with van der Waals surface area (Å²) in [5, 5.41) is 13.2. The molecule has 106 valence electrons. The molecule has 1 aliphatic heterocycles. The van der Waals surface area contributed by atoms with Crippen molar-refractivity contribution in [2.24, 2.45) is 7.05 Å². The maximum atomic E-state index is 11.9. The zero-order valence-electron chi connectivity index (χ0n) is 10.9. The lowest BCUT2D eigenvalue weighted by atomic mass is 10.0. The van der Waals surface area contributed by atoms with E-state index in [1.165, 1.54) is 7.05 Å². The van der Waals surface area contributed by atoms with Gasteiger partial charge in [0.05, 0.1) is 12.2 Å². The summed E-state index contributed by atoms with van der Waals surface area (Å²) in [6.07, 6.45) is 1.73. The Bertz CT molecular complexity index is 609. The molecule has 2 rings (SSSR count). The molecule has 1 saturated heterocycles. The monoisotopic (exact) mass is 288 g/mol. The summed E-state index contributed by atoms with van der Waals surface area (Å²) in [5.41, 5.74) is 1.51. The Labute approximate surface area is 111 Å². The number of aromatic nitrogens is 2. The first kappa shape index (κ1) is 14.0. The molecule has 1 fully saturated rings. The number of carboxylic acids is 1. The van der Waals surface area contributed by atoms with E-state index in [0.29, 0.717) is 5.56 Å². The zero-order chi connectivity index (χ0) is 14.4. The Morgan fingerprint density at radius 2 is 2.16 bits per heavy atom. The van der Waals surface area contributed by atoms with Crippen molar-refractivity contribution in [3.63, 3.8) is 0 Å². The number of likely N-dealkylation sites (N-methyl/N-ethyl adjacent to an activating group) is 1. The minimum absolute atomic E-state index is 0.164. The van der Waals surface area contributed by atoms with E-state index in [0.717, 1.165) is 10.00 Å². The Hall–Kier alpha value is -1.45. The number of carbonyl (C=O) groups is 1. The Kier molecular flexibility index (Phi) is 3.37. The first-order valence-electron chi connectivity index (χ1n) is 5.70. The molecule has 1 aromatic rings. The van der Waals surface area contributed by atoms with E-state index in [1.54, 1.807) is 17.9 Å². The second-order valence-electron chi connectivity index (χ2n) is 4.59. The van der Waals surface area contributed by atoms with Gasteiger partial charge in [-0.1, -0.05) is 0 Å². The van der Waals surface area contributed by atoms with Gasteiger partial charge in [0.25, 0.3) is 10.2 Å². The summed E-state index contributed by atoms with van der Waals surface area (Å²) in [7, 11) is -0.791. The fourth-order valence-electron chi connectivity index (χ4n) is 2.15. The molecule has 9 heteroatoms. The summed E-state index contributed by atoms with van der Waals surface area (Å²) < 4.78 is 28.8. The average Bonchev–Trinajstić information content (AvgIpc) is 2.63. The Balaban J connectivity index is 2.39. The third kappa shape index (κ3) is 2.36. The molecule has 0 saturated carbocycles. The summed E-state index contributed by atoms with van der Waals surface area (Å²) >= 11 is 0. The Morgan fingerprint density at radius 3 is 2.63 bits per heavy atom. The van der Waals surface area contributed by atoms with Crippen LogP contribution in [0.2, 0.25) is 0 Å². The second kappa shape index (κ2) is 4.58. The standard InChI is InChI=1S/C10H16N4O4S/c1-6-7(5-11-13(6)2)8-4-9(10(15)16)14(3)19(17,18)12-8/h5,8-9,12H,4H2,1-3H3,(H,15,16)/t8-,9-/m1/s1. The molecule has 2 N–H and O–H groups in total. The van der Waals surface area contributed by atoms with Crippen LogP contribution in [0.5, 0.6) is 0 Å². The van der Waals surface area contributed by atoms with E-state index < -0.39 is 28.3 Å². The van der Waals surface area contributed by atoms with Crippen LogP contribution < -0.4 is 4.72 Å². The van der Waals surface area contributed by atoms with Gasteiger partial charge in [-0.2, -0.15) is 22.5 Å². The van der Waals surface area contributed by atoms with Crippen LogP contribution in [-0.4, -0.2) is 46.7 Å². The van der Waals surface area contributed by atoms with Gasteiger partial charge in [-0.25, -0.2) is 0 Å². The second-order valence-corrected chi connectivity index (χ2v) is 6.35. The van der Waals surface area contributed by atoms with Crippen LogP contribution in [-0.2, 0) is 22.1 Å². The SMILES string of the molecule is Cc1c([C@H]2C[C@H](C(=O)O)N(C)S(=O)(=O)N2)cnn1C. The van der Waals surface area contributed by atoms with E-state index in [2.05, 4.69) is 9.82 Å². The summed E-state index contributed by atoms with van der Waals surface area (Å²) in [5.74, 6) is -1.15. The molecule has 1 aromatic heterocycles. The fourth-order valence-corrected chi connectivity index (χ4v) is 3.42. The van der Waals surface area contributed by atoms with Crippen molar-refractivity contribution in [3.05, 3.63) is 17.5 Å². The highest BCUT2D eigenvalue weighted by molar-refractivity contribution is 7.87. The number of aliphatic carboxylic acids is 1. The van der Waals surface area contributed by atoms with Crippen LogP contribution in [0.25, 0.3) is 0 Å². The van der Waals surface area contributed by atoms with Crippen LogP contribution in [0.1, 0.15) is 23.7 Å². The number of nitrogens with zero attached hydrogens (tertiary/aromatic N) is 3. The van der Waals surface area contributed by atoms with Gasteiger partial charge < -0.3 is 5.11 Å².